The number of hydrogen-bond donors (Lipinski definition) is 0. The molecule has 3 atom stereocenters. The normalized spacial score (nSPS) is 35.4. The molecular formula is C12H20O3P. The molecule has 16 heavy (non-hydrogen) atoms. The van der Waals surface area contributed by atoms with Crippen LogP contribution < -0.4 is 0 Å². The van der Waals surface area contributed by atoms with Gasteiger partial charge in [-0.2, -0.15) is 0 Å². The molecule has 0 aromatic carbocycles. The van der Waals surface area contributed by atoms with Crippen molar-refractivity contribution in [3.8, 4) is 0 Å². The summed E-state index contributed by atoms with van der Waals surface area (Å²) < 4.78 is 22.1. The quantitative estimate of drug-likeness (QED) is 0.658. The van der Waals surface area contributed by atoms with Gasteiger partial charge in [-0.15, -0.1) is 0 Å². The van der Waals surface area contributed by atoms with Crippen molar-refractivity contribution < 1.29 is 13.6 Å². The van der Waals surface area contributed by atoms with E-state index in [1.807, 2.05) is 6.08 Å². The zero-order valence-electron chi connectivity index (χ0n) is 9.94. The second-order valence-electron chi connectivity index (χ2n) is 5.21. The van der Waals surface area contributed by atoms with Gasteiger partial charge in [-0.05, 0) is 31.3 Å². The Hall–Kier alpha value is -0.270. The molecule has 0 aromatic heterocycles. The highest BCUT2D eigenvalue weighted by atomic mass is 31.1. The summed E-state index contributed by atoms with van der Waals surface area (Å²) in [5, 5.41) is 0. The van der Waals surface area contributed by atoms with Crippen LogP contribution in [0.4, 0.5) is 0 Å². The Kier molecular flexibility index (Phi) is 3.76. The molecule has 0 N–H and O–H groups in total. The van der Waals surface area contributed by atoms with Gasteiger partial charge in [0.15, 0.2) is 0 Å². The fourth-order valence-electron chi connectivity index (χ4n) is 2.53. The highest BCUT2D eigenvalue weighted by molar-refractivity contribution is 7.33. The lowest BCUT2D eigenvalue weighted by Gasteiger charge is -2.37. The first-order valence-electron chi connectivity index (χ1n) is 5.98. The van der Waals surface area contributed by atoms with Crippen LogP contribution >= 0.6 is 8.25 Å². The van der Waals surface area contributed by atoms with Crippen molar-refractivity contribution in [3.05, 3.63) is 18.8 Å². The van der Waals surface area contributed by atoms with Crippen LogP contribution in [0.2, 0.25) is 0 Å². The molecule has 0 aromatic rings. The first kappa shape index (κ1) is 12.2. The van der Waals surface area contributed by atoms with E-state index in [0.717, 1.165) is 12.8 Å². The van der Waals surface area contributed by atoms with Crippen LogP contribution in [-0.4, -0.2) is 6.10 Å². The molecule has 3 nitrogen and oxygen atoms in total. The second kappa shape index (κ2) is 4.93. The van der Waals surface area contributed by atoms with Crippen LogP contribution in [0.15, 0.2) is 12.3 Å². The third kappa shape index (κ3) is 2.70. The van der Waals surface area contributed by atoms with Crippen molar-refractivity contribution in [1.29, 1.82) is 0 Å². The van der Waals surface area contributed by atoms with Gasteiger partial charge in [0.1, 0.15) is 0 Å². The first-order valence-corrected chi connectivity index (χ1v) is 7.20. The minimum Gasteiger partial charge on any atom is -0.434 e. The van der Waals surface area contributed by atoms with Crippen molar-refractivity contribution in [2.45, 2.75) is 45.6 Å². The predicted octanol–water partition coefficient (Wildman–Crippen LogP) is 3.73. The van der Waals surface area contributed by atoms with Crippen LogP contribution in [0, 0.1) is 17.8 Å². The van der Waals surface area contributed by atoms with Crippen molar-refractivity contribution in [2.24, 2.45) is 11.3 Å². The Labute approximate surface area is 98.2 Å². The third-order valence-corrected chi connectivity index (χ3v) is 4.24. The van der Waals surface area contributed by atoms with E-state index in [-0.39, 0.29) is 11.5 Å². The number of hydrogen-bond acceptors (Lipinski definition) is 3. The average molecular weight is 243 g/mol. The van der Waals surface area contributed by atoms with Gasteiger partial charge in [0.05, 0.1) is 12.4 Å². The standard InChI is InChI=1S/C12H20O3P/c1-12(2)8-9-14-16(13)15-11(12)10-6-4-3-5-7-10/h6,8-11,16H,3-5,7H2,1-2H3. The van der Waals surface area contributed by atoms with E-state index in [1.54, 1.807) is 0 Å². The molecule has 0 saturated heterocycles. The molecule has 1 fully saturated rings. The van der Waals surface area contributed by atoms with Gasteiger partial charge in [0.25, 0.3) is 0 Å². The van der Waals surface area contributed by atoms with Crippen LogP contribution in [-0.2, 0) is 13.6 Å². The van der Waals surface area contributed by atoms with Crippen molar-refractivity contribution in [3.63, 3.8) is 0 Å². The first-order chi connectivity index (χ1) is 7.59. The molecule has 1 heterocycles. The molecular weight excluding hydrogens is 223 g/mol. The van der Waals surface area contributed by atoms with Gasteiger partial charge in [-0.25, -0.2) is 4.57 Å². The molecule has 1 aliphatic heterocycles. The van der Waals surface area contributed by atoms with E-state index in [0.29, 0.717) is 5.92 Å². The molecule has 0 spiro atoms. The summed E-state index contributed by atoms with van der Waals surface area (Å²) in [7, 11) is -2.35. The Balaban J connectivity index is 2.14. The monoisotopic (exact) mass is 243 g/mol. The van der Waals surface area contributed by atoms with Crippen LogP contribution in [0.1, 0.15) is 39.5 Å². The van der Waals surface area contributed by atoms with Crippen LogP contribution in [0.3, 0.4) is 0 Å². The fraction of sp³-hybridized carbons (Fsp3) is 0.750. The second-order valence-corrected chi connectivity index (χ2v) is 6.19. The molecule has 4 heteroatoms. The average Bonchev–Trinajstić information content (AvgIpc) is 2.39. The molecule has 1 radical (unpaired) electrons. The van der Waals surface area contributed by atoms with E-state index in [4.69, 9.17) is 9.05 Å². The van der Waals surface area contributed by atoms with E-state index in [1.165, 1.54) is 19.1 Å². The lowest BCUT2D eigenvalue weighted by molar-refractivity contribution is 0.0555. The van der Waals surface area contributed by atoms with E-state index < -0.39 is 8.25 Å². The maximum absolute atomic E-state index is 11.5. The van der Waals surface area contributed by atoms with Crippen LogP contribution in [0.5, 0.6) is 0 Å². The minimum absolute atomic E-state index is 0.0158. The zero-order chi connectivity index (χ0) is 11.6. The summed E-state index contributed by atoms with van der Waals surface area (Å²) in [6, 6.07) is 0. The molecule has 1 saturated carbocycles. The summed E-state index contributed by atoms with van der Waals surface area (Å²) >= 11 is 0. The highest BCUT2D eigenvalue weighted by Crippen LogP contribution is 2.44. The largest absolute Gasteiger partial charge is 0.434 e. The van der Waals surface area contributed by atoms with Crippen molar-refractivity contribution in [1.82, 2.24) is 0 Å². The van der Waals surface area contributed by atoms with Gasteiger partial charge >= 0.3 is 8.25 Å². The molecule has 0 bridgehead atoms. The Morgan fingerprint density at radius 2 is 2.19 bits per heavy atom. The Morgan fingerprint density at radius 1 is 1.38 bits per heavy atom. The molecule has 91 valence electrons. The minimum atomic E-state index is -2.35. The summed E-state index contributed by atoms with van der Waals surface area (Å²) in [5.41, 5.74) is -0.116. The lowest BCUT2D eigenvalue weighted by Crippen LogP contribution is -2.36. The smallest absolute Gasteiger partial charge is 0.367 e. The Morgan fingerprint density at radius 3 is 2.88 bits per heavy atom. The molecule has 1 aliphatic carbocycles. The van der Waals surface area contributed by atoms with Gasteiger partial charge in [0, 0.05) is 5.41 Å². The van der Waals surface area contributed by atoms with Gasteiger partial charge in [0.2, 0.25) is 0 Å². The van der Waals surface area contributed by atoms with Crippen molar-refractivity contribution in [2.75, 3.05) is 0 Å². The fourth-order valence-corrected chi connectivity index (χ4v) is 3.45. The summed E-state index contributed by atoms with van der Waals surface area (Å²) in [4.78, 5) is 0. The maximum atomic E-state index is 11.5. The third-order valence-electron chi connectivity index (χ3n) is 3.47. The zero-order valence-corrected chi connectivity index (χ0v) is 10.9. The summed E-state index contributed by atoms with van der Waals surface area (Å²) in [6.45, 7) is 4.22. The van der Waals surface area contributed by atoms with Gasteiger partial charge < -0.3 is 4.52 Å². The predicted molar refractivity (Wildman–Crippen MR) is 64.1 cm³/mol. The van der Waals surface area contributed by atoms with E-state index in [2.05, 4.69) is 20.3 Å². The van der Waals surface area contributed by atoms with E-state index in [9.17, 15) is 4.57 Å². The maximum Gasteiger partial charge on any atom is 0.367 e. The summed E-state index contributed by atoms with van der Waals surface area (Å²) in [5.74, 6) is 0.407. The molecule has 3 unspecified atom stereocenters. The van der Waals surface area contributed by atoms with Gasteiger partial charge in [-0.1, -0.05) is 26.7 Å². The summed E-state index contributed by atoms with van der Waals surface area (Å²) in [6.07, 6.45) is 10.6. The van der Waals surface area contributed by atoms with Gasteiger partial charge in [-0.3, -0.25) is 4.52 Å². The highest BCUT2D eigenvalue weighted by Gasteiger charge is 2.38. The van der Waals surface area contributed by atoms with Crippen LogP contribution in [0.25, 0.3) is 0 Å². The topological polar surface area (TPSA) is 35.5 Å². The SMILES string of the molecule is CC1(C)C=CO[PH](=O)OC1C1[CH]CCCC1. The Bertz CT molecular complexity index is 293. The van der Waals surface area contributed by atoms with Crippen molar-refractivity contribution >= 4 is 8.25 Å². The molecule has 0 amide bonds. The van der Waals surface area contributed by atoms with E-state index >= 15 is 0 Å². The number of rotatable bonds is 1. The lowest BCUT2D eigenvalue weighted by atomic mass is 9.74. The molecule has 2 aliphatic rings. The molecule has 2 rings (SSSR count).